The number of hydrogen-bond acceptors (Lipinski definition) is 6. The van der Waals surface area contributed by atoms with Crippen LogP contribution in [0.15, 0.2) is 48.7 Å². The average molecular weight is 336 g/mol. The van der Waals surface area contributed by atoms with E-state index in [1.54, 1.807) is 12.1 Å². The Balaban J connectivity index is 1.85. The maximum atomic E-state index is 13.9. The summed E-state index contributed by atoms with van der Waals surface area (Å²) in [4.78, 5) is 0. The van der Waals surface area contributed by atoms with Gasteiger partial charge in [-0.3, -0.25) is 0 Å². The van der Waals surface area contributed by atoms with Gasteiger partial charge in [-0.1, -0.05) is 18.2 Å². The number of aromatic amines is 1. The summed E-state index contributed by atoms with van der Waals surface area (Å²) in [6, 6.07) is 14.1. The molecule has 2 aromatic carbocycles. The van der Waals surface area contributed by atoms with Crippen molar-refractivity contribution < 1.29 is 9.13 Å². The van der Waals surface area contributed by atoms with Crippen LogP contribution in [0.25, 0.3) is 16.7 Å². The van der Waals surface area contributed by atoms with Crippen LogP contribution in [0.2, 0.25) is 0 Å². The van der Waals surface area contributed by atoms with Crippen LogP contribution in [0.5, 0.6) is 5.75 Å². The zero-order valence-electron chi connectivity index (χ0n) is 13.2. The number of benzene rings is 2. The SMILES string of the molecule is COc1ccc(-c2cccc(NC=C(C#N)c3nn[nH]n3)c2)cc1F. The third-order valence-corrected chi connectivity index (χ3v) is 3.44. The first-order chi connectivity index (χ1) is 12.2. The van der Waals surface area contributed by atoms with Crippen molar-refractivity contribution >= 4 is 11.3 Å². The number of nitrogens with zero attached hydrogens (tertiary/aromatic N) is 4. The number of hydrogen-bond donors (Lipinski definition) is 2. The maximum Gasteiger partial charge on any atom is 0.216 e. The summed E-state index contributed by atoms with van der Waals surface area (Å²) >= 11 is 0. The lowest BCUT2D eigenvalue weighted by molar-refractivity contribution is 0.386. The molecule has 1 heterocycles. The number of aromatic nitrogens is 4. The largest absolute Gasteiger partial charge is 0.494 e. The molecule has 1 aromatic heterocycles. The summed E-state index contributed by atoms with van der Waals surface area (Å²) in [7, 11) is 1.42. The molecule has 8 heteroatoms. The molecule has 0 spiro atoms. The highest BCUT2D eigenvalue weighted by molar-refractivity contribution is 5.75. The van der Waals surface area contributed by atoms with Gasteiger partial charge in [0.2, 0.25) is 5.82 Å². The highest BCUT2D eigenvalue weighted by atomic mass is 19.1. The molecule has 124 valence electrons. The third-order valence-electron chi connectivity index (χ3n) is 3.44. The zero-order valence-corrected chi connectivity index (χ0v) is 13.2. The summed E-state index contributed by atoms with van der Waals surface area (Å²) in [5, 5.41) is 25.4. The fourth-order valence-electron chi connectivity index (χ4n) is 2.21. The fourth-order valence-corrected chi connectivity index (χ4v) is 2.21. The molecule has 0 bridgehead atoms. The maximum absolute atomic E-state index is 13.9. The average Bonchev–Trinajstić information content (AvgIpc) is 3.17. The van der Waals surface area contributed by atoms with Crippen molar-refractivity contribution in [3.63, 3.8) is 0 Å². The first kappa shape index (κ1) is 16.1. The predicted octanol–water partition coefficient (Wildman–Crippen LogP) is 2.99. The molecule has 25 heavy (non-hydrogen) atoms. The van der Waals surface area contributed by atoms with Crippen molar-refractivity contribution in [2.75, 3.05) is 12.4 Å². The molecule has 0 saturated heterocycles. The van der Waals surface area contributed by atoms with Crippen molar-refractivity contribution in [2.45, 2.75) is 0 Å². The van der Waals surface area contributed by atoms with Crippen LogP contribution in [-0.2, 0) is 0 Å². The monoisotopic (exact) mass is 336 g/mol. The minimum Gasteiger partial charge on any atom is -0.494 e. The summed E-state index contributed by atoms with van der Waals surface area (Å²) < 4.78 is 18.8. The van der Waals surface area contributed by atoms with Crippen molar-refractivity contribution in [1.29, 1.82) is 5.26 Å². The van der Waals surface area contributed by atoms with Gasteiger partial charge in [0, 0.05) is 11.9 Å². The Hall–Kier alpha value is -3.73. The van der Waals surface area contributed by atoms with E-state index in [2.05, 4.69) is 25.9 Å². The van der Waals surface area contributed by atoms with Gasteiger partial charge in [-0.25, -0.2) is 4.39 Å². The molecule has 7 nitrogen and oxygen atoms in total. The number of tetrazole rings is 1. The second kappa shape index (κ2) is 7.23. The second-order valence-corrected chi connectivity index (χ2v) is 4.98. The third kappa shape index (κ3) is 3.61. The normalized spacial score (nSPS) is 11.0. The quantitative estimate of drug-likeness (QED) is 0.695. The van der Waals surface area contributed by atoms with Crippen molar-refractivity contribution in [2.24, 2.45) is 0 Å². The zero-order chi connectivity index (χ0) is 17.6. The highest BCUT2D eigenvalue weighted by Crippen LogP contribution is 2.27. The number of nitriles is 1. The van der Waals surface area contributed by atoms with Crippen LogP contribution >= 0.6 is 0 Å². The van der Waals surface area contributed by atoms with Crippen molar-refractivity contribution in [1.82, 2.24) is 20.6 Å². The van der Waals surface area contributed by atoms with Gasteiger partial charge in [0.05, 0.1) is 7.11 Å². The van der Waals surface area contributed by atoms with E-state index in [-0.39, 0.29) is 17.1 Å². The Morgan fingerprint density at radius 1 is 1.28 bits per heavy atom. The van der Waals surface area contributed by atoms with E-state index in [4.69, 9.17) is 10.00 Å². The number of nitrogens with one attached hydrogen (secondary N) is 2. The van der Waals surface area contributed by atoms with Gasteiger partial charge >= 0.3 is 0 Å². The number of H-pyrrole nitrogens is 1. The molecule has 0 saturated carbocycles. The van der Waals surface area contributed by atoms with E-state index in [9.17, 15) is 4.39 Å². The first-order valence-electron chi connectivity index (χ1n) is 7.26. The number of allylic oxidation sites excluding steroid dienone is 1. The fraction of sp³-hybridized carbons (Fsp3) is 0.0588. The number of rotatable bonds is 5. The molecule has 0 radical (unpaired) electrons. The first-order valence-corrected chi connectivity index (χ1v) is 7.26. The van der Waals surface area contributed by atoms with E-state index in [0.29, 0.717) is 5.56 Å². The molecule has 0 aliphatic rings. The number of methoxy groups -OCH3 is 1. The lowest BCUT2D eigenvalue weighted by Crippen LogP contribution is -1.93. The number of anilines is 1. The minimum atomic E-state index is -0.429. The Bertz CT molecular complexity index is 946. The number of halogens is 1. The van der Waals surface area contributed by atoms with E-state index in [1.807, 2.05) is 30.3 Å². The van der Waals surface area contributed by atoms with Crippen LogP contribution in [0, 0.1) is 17.1 Å². The van der Waals surface area contributed by atoms with E-state index in [0.717, 1.165) is 11.3 Å². The van der Waals surface area contributed by atoms with E-state index >= 15 is 0 Å². The highest BCUT2D eigenvalue weighted by Gasteiger charge is 2.07. The molecule has 0 atom stereocenters. The lowest BCUT2D eigenvalue weighted by Gasteiger charge is -2.08. The Morgan fingerprint density at radius 3 is 2.80 bits per heavy atom. The smallest absolute Gasteiger partial charge is 0.216 e. The standard InChI is InChI=1S/C17H13FN6O/c1-25-16-6-5-12(8-15(16)18)11-3-2-4-14(7-11)20-10-13(9-19)17-21-23-24-22-17/h2-8,10,20H,1H3,(H,21,22,23,24). The van der Waals surface area contributed by atoms with Crippen molar-refractivity contribution in [3.05, 3.63) is 60.3 Å². The summed E-state index contributed by atoms with van der Waals surface area (Å²) in [6.45, 7) is 0. The van der Waals surface area contributed by atoms with Crippen molar-refractivity contribution in [3.8, 4) is 22.9 Å². The molecule has 3 aromatic rings. The van der Waals surface area contributed by atoms with Gasteiger partial charge in [0.1, 0.15) is 11.6 Å². The summed E-state index contributed by atoms with van der Waals surface area (Å²) in [6.07, 6.45) is 1.48. The van der Waals surface area contributed by atoms with Gasteiger partial charge in [0.15, 0.2) is 11.6 Å². The topological polar surface area (TPSA) is 99.5 Å². The van der Waals surface area contributed by atoms with Crippen LogP contribution < -0.4 is 10.1 Å². The Kier molecular flexibility index (Phi) is 4.67. The summed E-state index contributed by atoms with van der Waals surface area (Å²) in [5.74, 6) is -0.0368. The van der Waals surface area contributed by atoms with Gasteiger partial charge in [-0.2, -0.15) is 10.5 Å². The van der Waals surface area contributed by atoms with Crippen LogP contribution in [0.4, 0.5) is 10.1 Å². The van der Waals surface area contributed by atoms with E-state index < -0.39 is 5.82 Å². The molecular formula is C17H13FN6O. The van der Waals surface area contributed by atoms with E-state index in [1.165, 1.54) is 19.4 Å². The van der Waals surface area contributed by atoms with Gasteiger partial charge in [-0.15, -0.1) is 10.2 Å². The second-order valence-electron chi connectivity index (χ2n) is 4.98. The van der Waals surface area contributed by atoms with Gasteiger partial charge in [-0.05, 0) is 40.6 Å². The molecular weight excluding hydrogens is 323 g/mol. The Labute approximate surface area is 142 Å². The van der Waals surface area contributed by atoms with Crippen LogP contribution in [0.3, 0.4) is 0 Å². The molecule has 0 aliphatic heterocycles. The van der Waals surface area contributed by atoms with Crippen LogP contribution in [0.1, 0.15) is 5.82 Å². The van der Waals surface area contributed by atoms with Gasteiger partial charge < -0.3 is 10.1 Å². The summed E-state index contributed by atoms with van der Waals surface area (Å²) in [5.41, 5.74) is 2.49. The van der Waals surface area contributed by atoms with Crippen LogP contribution in [-0.4, -0.2) is 27.7 Å². The molecule has 0 amide bonds. The number of ether oxygens (including phenoxy) is 1. The Morgan fingerprint density at radius 2 is 2.12 bits per heavy atom. The molecule has 0 unspecified atom stereocenters. The molecule has 0 aliphatic carbocycles. The minimum absolute atomic E-state index is 0.194. The van der Waals surface area contributed by atoms with Gasteiger partial charge in [0.25, 0.3) is 0 Å². The molecule has 2 N–H and O–H groups in total. The predicted molar refractivity (Wildman–Crippen MR) is 89.8 cm³/mol. The lowest BCUT2D eigenvalue weighted by atomic mass is 10.0. The molecule has 3 rings (SSSR count). The molecule has 0 fully saturated rings.